The topological polar surface area (TPSA) is 3.24 Å². The van der Waals surface area contributed by atoms with Crippen LogP contribution in [0.2, 0.25) is 0 Å². The Morgan fingerprint density at radius 1 is 1.19 bits per heavy atom. The third-order valence-electron chi connectivity index (χ3n) is 2.37. The first-order chi connectivity index (χ1) is 7.42. The molecule has 98 valence electrons. The zero-order valence-electron chi connectivity index (χ0n) is 9.99. The van der Waals surface area contributed by atoms with Crippen LogP contribution in [0.5, 0.6) is 0 Å². The fourth-order valence-electron chi connectivity index (χ4n) is 1.80. The van der Waals surface area contributed by atoms with Gasteiger partial charge in [-0.2, -0.15) is 13.2 Å². The number of rotatable bonds is 8. The van der Waals surface area contributed by atoms with Crippen LogP contribution in [0.15, 0.2) is 0 Å². The number of nitrogens with zero attached hydrogens (tertiary/aromatic N) is 1. The summed E-state index contributed by atoms with van der Waals surface area (Å²) in [5.41, 5.74) is 0. The average molecular weight is 304 g/mol. The molecule has 0 amide bonds. The lowest BCUT2D eigenvalue weighted by Gasteiger charge is -2.27. The van der Waals surface area contributed by atoms with E-state index in [9.17, 15) is 13.2 Å². The second-order valence-corrected chi connectivity index (χ2v) is 4.81. The van der Waals surface area contributed by atoms with Crippen LogP contribution in [0.1, 0.15) is 33.1 Å². The van der Waals surface area contributed by atoms with Gasteiger partial charge in [-0.15, -0.1) is 0 Å². The predicted octanol–water partition coefficient (Wildman–Crippen LogP) is 4.07. The standard InChI is InChI=1S/C11H21BrF3N/c1-3-5-10(7-12)8-16(6-4-2)9-11(13,14)15/h10H,3-9H2,1-2H3. The SMILES string of the molecule is CCCC(CBr)CN(CCC)CC(F)(F)F. The van der Waals surface area contributed by atoms with E-state index in [4.69, 9.17) is 0 Å². The van der Waals surface area contributed by atoms with Crippen molar-refractivity contribution in [3.05, 3.63) is 0 Å². The fourth-order valence-corrected chi connectivity index (χ4v) is 2.32. The van der Waals surface area contributed by atoms with Crippen molar-refractivity contribution in [3.8, 4) is 0 Å². The molecule has 0 radical (unpaired) electrons. The Bertz CT molecular complexity index is 173. The minimum Gasteiger partial charge on any atom is -0.295 e. The normalized spacial score (nSPS) is 14.4. The van der Waals surface area contributed by atoms with E-state index < -0.39 is 12.7 Å². The highest BCUT2D eigenvalue weighted by Crippen LogP contribution is 2.19. The molecule has 16 heavy (non-hydrogen) atoms. The lowest BCUT2D eigenvalue weighted by atomic mass is 10.1. The lowest BCUT2D eigenvalue weighted by Crippen LogP contribution is -2.38. The molecule has 1 nitrogen and oxygen atoms in total. The number of hydrogen-bond donors (Lipinski definition) is 0. The molecular formula is C11H21BrF3N. The molecule has 0 aromatic rings. The Balaban J connectivity index is 4.19. The van der Waals surface area contributed by atoms with Crippen molar-refractivity contribution >= 4 is 15.9 Å². The summed E-state index contributed by atoms with van der Waals surface area (Å²) in [4.78, 5) is 1.52. The molecule has 0 aromatic heterocycles. The Morgan fingerprint density at radius 2 is 1.81 bits per heavy atom. The number of hydrogen-bond acceptors (Lipinski definition) is 1. The number of alkyl halides is 4. The van der Waals surface area contributed by atoms with Gasteiger partial charge in [0.25, 0.3) is 0 Å². The summed E-state index contributed by atoms with van der Waals surface area (Å²) < 4.78 is 36.9. The van der Waals surface area contributed by atoms with Crippen LogP contribution in [0, 0.1) is 5.92 Å². The van der Waals surface area contributed by atoms with Crippen molar-refractivity contribution in [2.45, 2.75) is 39.3 Å². The molecule has 0 rings (SSSR count). The van der Waals surface area contributed by atoms with Gasteiger partial charge in [0.1, 0.15) is 0 Å². The summed E-state index contributed by atoms with van der Waals surface area (Å²) in [7, 11) is 0. The maximum atomic E-state index is 12.3. The molecule has 0 bridgehead atoms. The Kier molecular flexibility index (Phi) is 8.46. The van der Waals surface area contributed by atoms with Crippen LogP contribution in [0.3, 0.4) is 0 Å². The molecule has 1 unspecified atom stereocenters. The highest BCUT2D eigenvalue weighted by Gasteiger charge is 2.30. The van der Waals surface area contributed by atoms with Crippen LogP contribution in [0.4, 0.5) is 13.2 Å². The van der Waals surface area contributed by atoms with Crippen molar-refractivity contribution < 1.29 is 13.2 Å². The van der Waals surface area contributed by atoms with Gasteiger partial charge in [-0.1, -0.05) is 36.2 Å². The second kappa shape index (κ2) is 8.34. The van der Waals surface area contributed by atoms with E-state index in [1.54, 1.807) is 0 Å². The molecule has 5 heteroatoms. The summed E-state index contributed by atoms with van der Waals surface area (Å²) in [6.45, 7) is 4.24. The maximum Gasteiger partial charge on any atom is 0.401 e. The molecule has 0 spiro atoms. The molecule has 0 aliphatic rings. The third-order valence-corrected chi connectivity index (χ3v) is 3.29. The summed E-state index contributed by atoms with van der Waals surface area (Å²) in [6.07, 6.45) is -1.33. The average Bonchev–Trinajstić information content (AvgIpc) is 2.15. The van der Waals surface area contributed by atoms with Gasteiger partial charge in [-0.3, -0.25) is 4.90 Å². The molecule has 0 saturated heterocycles. The van der Waals surface area contributed by atoms with Crippen LogP contribution in [0.25, 0.3) is 0 Å². The van der Waals surface area contributed by atoms with Gasteiger partial charge in [0, 0.05) is 11.9 Å². The quantitative estimate of drug-likeness (QED) is 0.611. The monoisotopic (exact) mass is 303 g/mol. The van der Waals surface area contributed by atoms with Gasteiger partial charge in [0.15, 0.2) is 0 Å². The molecule has 1 atom stereocenters. The van der Waals surface area contributed by atoms with E-state index in [0.717, 1.165) is 24.6 Å². The van der Waals surface area contributed by atoms with Crippen LogP contribution < -0.4 is 0 Å². The minimum absolute atomic E-state index is 0.318. The van der Waals surface area contributed by atoms with Crippen molar-refractivity contribution in [2.24, 2.45) is 5.92 Å². The molecule has 0 heterocycles. The van der Waals surface area contributed by atoms with Crippen LogP contribution in [-0.2, 0) is 0 Å². The maximum absolute atomic E-state index is 12.3. The summed E-state index contributed by atoms with van der Waals surface area (Å²) in [5.74, 6) is 0.318. The Hall–Kier alpha value is 0.230. The van der Waals surface area contributed by atoms with Crippen molar-refractivity contribution in [3.63, 3.8) is 0 Å². The summed E-state index contributed by atoms with van der Waals surface area (Å²) >= 11 is 3.37. The van der Waals surface area contributed by atoms with Gasteiger partial charge in [0.2, 0.25) is 0 Å². The van der Waals surface area contributed by atoms with Crippen LogP contribution >= 0.6 is 15.9 Å². The first kappa shape index (κ1) is 16.2. The third kappa shape index (κ3) is 8.39. The highest BCUT2D eigenvalue weighted by molar-refractivity contribution is 9.09. The van der Waals surface area contributed by atoms with Gasteiger partial charge < -0.3 is 0 Å². The zero-order valence-corrected chi connectivity index (χ0v) is 11.6. The van der Waals surface area contributed by atoms with E-state index in [2.05, 4.69) is 22.9 Å². The molecule has 0 fully saturated rings. The van der Waals surface area contributed by atoms with Crippen molar-refractivity contribution in [2.75, 3.05) is 25.0 Å². The van der Waals surface area contributed by atoms with Gasteiger partial charge >= 0.3 is 6.18 Å². The zero-order chi connectivity index (χ0) is 12.6. The Labute approximate surface area is 105 Å². The van der Waals surface area contributed by atoms with E-state index in [0.29, 0.717) is 19.0 Å². The first-order valence-corrected chi connectivity index (χ1v) is 6.90. The second-order valence-electron chi connectivity index (χ2n) is 4.16. The van der Waals surface area contributed by atoms with Gasteiger partial charge in [-0.25, -0.2) is 0 Å². The smallest absolute Gasteiger partial charge is 0.295 e. The van der Waals surface area contributed by atoms with Crippen molar-refractivity contribution in [1.82, 2.24) is 4.90 Å². The van der Waals surface area contributed by atoms with E-state index >= 15 is 0 Å². The molecule has 0 N–H and O–H groups in total. The van der Waals surface area contributed by atoms with Gasteiger partial charge in [-0.05, 0) is 25.3 Å². The largest absolute Gasteiger partial charge is 0.401 e. The minimum atomic E-state index is -4.09. The fraction of sp³-hybridized carbons (Fsp3) is 1.00. The first-order valence-electron chi connectivity index (χ1n) is 5.78. The van der Waals surface area contributed by atoms with Crippen LogP contribution in [-0.4, -0.2) is 36.0 Å². The Morgan fingerprint density at radius 3 is 2.19 bits per heavy atom. The van der Waals surface area contributed by atoms with E-state index in [1.807, 2.05) is 6.92 Å². The predicted molar refractivity (Wildman–Crippen MR) is 65.0 cm³/mol. The molecule has 0 aromatic carbocycles. The lowest BCUT2D eigenvalue weighted by molar-refractivity contribution is -0.147. The molecular weight excluding hydrogens is 283 g/mol. The highest BCUT2D eigenvalue weighted by atomic mass is 79.9. The van der Waals surface area contributed by atoms with Crippen molar-refractivity contribution in [1.29, 1.82) is 0 Å². The molecule has 0 aliphatic heterocycles. The number of halogens is 4. The van der Waals surface area contributed by atoms with E-state index in [-0.39, 0.29) is 0 Å². The summed E-state index contributed by atoms with van der Waals surface area (Å²) in [6, 6.07) is 0. The molecule has 0 saturated carbocycles. The summed E-state index contributed by atoms with van der Waals surface area (Å²) in [5, 5.41) is 0.777. The van der Waals surface area contributed by atoms with E-state index in [1.165, 1.54) is 4.90 Å². The van der Waals surface area contributed by atoms with Gasteiger partial charge in [0.05, 0.1) is 6.54 Å². The molecule has 0 aliphatic carbocycles.